The molecule has 1 heterocycles. The van der Waals surface area contributed by atoms with Gasteiger partial charge in [-0.3, -0.25) is 0 Å². The summed E-state index contributed by atoms with van der Waals surface area (Å²) in [6.07, 6.45) is 0.616. The van der Waals surface area contributed by atoms with E-state index in [0.29, 0.717) is 18.9 Å². The Hall–Kier alpha value is -1.39. The number of aromatic nitrogens is 1. The topological polar surface area (TPSA) is 42.4 Å². The molecule has 0 spiro atoms. The van der Waals surface area contributed by atoms with Crippen LogP contribution in [0.15, 0.2) is 29.6 Å². The van der Waals surface area contributed by atoms with E-state index in [1.165, 1.54) is 0 Å². The van der Waals surface area contributed by atoms with Crippen molar-refractivity contribution >= 4 is 11.3 Å². The lowest BCUT2D eigenvalue weighted by Crippen LogP contribution is -2.00. The summed E-state index contributed by atoms with van der Waals surface area (Å²) in [7, 11) is 0. The van der Waals surface area contributed by atoms with E-state index in [2.05, 4.69) is 18.8 Å². The predicted octanol–water partition coefficient (Wildman–Crippen LogP) is 3.38. The minimum Gasteiger partial charge on any atom is -0.487 e. The maximum absolute atomic E-state index is 9.03. The van der Waals surface area contributed by atoms with E-state index in [-0.39, 0.29) is 6.61 Å². The Morgan fingerprint density at radius 2 is 2.11 bits per heavy atom. The summed E-state index contributed by atoms with van der Waals surface area (Å²) in [4.78, 5) is 4.54. The van der Waals surface area contributed by atoms with Crippen molar-refractivity contribution in [3.8, 4) is 5.75 Å². The van der Waals surface area contributed by atoms with Crippen molar-refractivity contribution < 1.29 is 9.84 Å². The largest absolute Gasteiger partial charge is 0.487 e. The van der Waals surface area contributed by atoms with Crippen molar-refractivity contribution in [3.63, 3.8) is 0 Å². The molecule has 0 unspecified atom stereocenters. The summed E-state index contributed by atoms with van der Waals surface area (Å²) >= 11 is 1.68. The second-order valence-corrected chi connectivity index (χ2v) is 5.59. The Morgan fingerprint density at radius 3 is 2.79 bits per heavy atom. The molecule has 19 heavy (non-hydrogen) atoms. The highest BCUT2D eigenvalue weighted by atomic mass is 32.1. The fourth-order valence-electron chi connectivity index (χ4n) is 1.78. The zero-order valence-corrected chi connectivity index (χ0v) is 12.1. The first-order valence-electron chi connectivity index (χ1n) is 6.46. The van der Waals surface area contributed by atoms with Gasteiger partial charge in [-0.05, 0) is 18.1 Å². The summed E-state index contributed by atoms with van der Waals surface area (Å²) in [6.45, 7) is 4.89. The van der Waals surface area contributed by atoms with Crippen LogP contribution in [0.1, 0.15) is 36.0 Å². The lowest BCUT2D eigenvalue weighted by molar-refractivity contribution is 0.282. The maximum atomic E-state index is 9.03. The monoisotopic (exact) mass is 277 g/mol. The molecule has 2 rings (SSSR count). The summed E-state index contributed by atoms with van der Waals surface area (Å²) in [6, 6.07) is 7.81. The first kappa shape index (κ1) is 14.0. The summed E-state index contributed by atoms with van der Waals surface area (Å²) in [5.41, 5.74) is 2.00. The van der Waals surface area contributed by atoms with Gasteiger partial charge in [0.15, 0.2) is 0 Å². The molecule has 0 aliphatic heterocycles. The quantitative estimate of drug-likeness (QED) is 0.880. The zero-order valence-electron chi connectivity index (χ0n) is 11.3. The van der Waals surface area contributed by atoms with E-state index >= 15 is 0 Å². The molecule has 3 nitrogen and oxygen atoms in total. The molecule has 0 amide bonds. The molecule has 0 aliphatic rings. The Bertz CT molecular complexity index is 522. The molecule has 0 bridgehead atoms. The van der Waals surface area contributed by atoms with Gasteiger partial charge in [-0.25, -0.2) is 4.98 Å². The number of benzene rings is 1. The number of thiazole rings is 1. The van der Waals surface area contributed by atoms with Gasteiger partial charge in [0.1, 0.15) is 12.4 Å². The zero-order chi connectivity index (χ0) is 13.7. The summed E-state index contributed by atoms with van der Waals surface area (Å²) in [5.74, 6) is 1.29. The number of rotatable bonds is 6. The highest BCUT2D eigenvalue weighted by molar-refractivity contribution is 7.09. The standard InChI is InChI=1S/C15H19NO2S/c1-11(2)15-16-13(10-19-15)9-18-14-6-4-3-5-12(14)7-8-17/h3-6,10-11,17H,7-9H2,1-2H3. The average Bonchev–Trinajstić information content (AvgIpc) is 2.87. The predicted molar refractivity (Wildman–Crippen MR) is 77.8 cm³/mol. The Morgan fingerprint density at radius 1 is 1.32 bits per heavy atom. The van der Waals surface area contributed by atoms with Crippen molar-refractivity contribution in [2.45, 2.75) is 32.8 Å². The van der Waals surface area contributed by atoms with Crippen LogP contribution in [-0.4, -0.2) is 16.7 Å². The molecule has 0 radical (unpaired) electrons. The Labute approximate surface area is 117 Å². The normalized spacial score (nSPS) is 10.9. The third kappa shape index (κ3) is 3.78. The minimum atomic E-state index is 0.134. The number of nitrogens with zero attached hydrogens (tertiary/aromatic N) is 1. The van der Waals surface area contributed by atoms with Crippen LogP contribution in [0.25, 0.3) is 0 Å². The average molecular weight is 277 g/mol. The SMILES string of the molecule is CC(C)c1nc(COc2ccccc2CCO)cs1. The van der Waals surface area contributed by atoms with Gasteiger partial charge in [0, 0.05) is 17.9 Å². The van der Waals surface area contributed by atoms with Gasteiger partial charge in [0.2, 0.25) is 0 Å². The van der Waals surface area contributed by atoms with Gasteiger partial charge < -0.3 is 9.84 Å². The van der Waals surface area contributed by atoms with E-state index in [0.717, 1.165) is 22.0 Å². The number of aliphatic hydroxyl groups is 1. The van der Waals surface area contributed by atoms with Gasteiger partial charge in [-0.2, -0.15) is 0 Å². The Kier molecular flexibility index (Phi) is 4.93. The number of aliphatic hydroxyl groups excluding tert-OH is 1. The molecule has 0 fully saturated rings. The third-order valence-electron chi connectivity index (χ3n) is 2.79. The van der Waals surface area contributed by atoms with Crippen molar-refractivity contribution in [2.24, 2.45) is 0 Å². The fraction of sp³-hybridized carbons (Fsp3) is 0.400. The number of ether oxygens (including phenoxy) is 1. The highest BCUT2D eigenvalue weighted by Gasteiger charge is 2.07. The molecule has 2 aromatic rings. The van der Waals surface area contributed by atoms with Gasteiger partial charge in [-0.15, -0.1) is 11.3 Å². The summed E-state index contributed by atoms with van der Waals surface area (Å²) < 4.78 is 5.80. The highest BCUT2D eigenvalue weighted by Crippen LogP contribution is 2.22. The van der Waals surface area contributed by atoms with Crippen LogP contribution in [0.2, 0.25) is 0 Å². The van der Waals surface area contributed by atoms with Crippen molar-refractivity contribution in [1.29, 1.82) is 0 Å². The first-order chi connectivity index (χ1) is 9.20. The molecule has 1 aromatic heterocycles. The van der Waals surface area contributed by atoms with Crippen molar-refractivity contribution in [2.75, 3.05) is 6.61 Å². The van der Waals surface area contributed by atoms with Crippen molar-refractivity contribution in [3.05, 3.63) is 45.9 Å². The molecule has 0 saturated heterocycles. The van der Waals surface area contributed by atoms with Crippen LogP contribution < -0.4 is 4.74 Å². The van der Waals surface area contributed by atoms with E-state index in [4.69, 9.17) is 9.84 Å². The first-order valence-corrected chi connectivity index (χ1v) is 7.34. The lowest BCUT2D eigenvalue weighted by Gasteiger charge is -2.09. The second-order valence-electron chi connectivity index (χ2n) is 4.70. The molecule has 1 aromatic carbocycles. The van der Waals surface area contributed by atoms with Gasteiger partial charge in [0.25, 0.3) is 0 Å². The molecule has 0 atom stereocenters. The van der Waals surface area contributed by atoms with Crippen LogP contribution in [0.5, 0.6) is 5.75 Å². The fourth-order valence-corrected chi connectivity index (χ4v) is 2.60. The van der Waals surface area contributed by atoms with Crippen LogP contribution in [0, 0.1) is 0 Å². The number of hydrogen-bond acceptors (Lipinski definition) is 4. The molecule has 0 saturated carbocycles. The third-order valence-corrected chi connectivity index (χ3v) is 3.99. The van der Waals surface area contributed by atoms with E-state index in [9.17, 15) is 0 Å². The van der Waals surface area contributed by atoms with Crippen LogP contribution in [-0.2, 0) is 13.0 Å². The van der Waals surface area contributed by atoms with Crippen LogP contribution >= 0.6 is 11.3 Å². The van der Waals surface area contributed by atoms with Gasteiger partial charge in [0.05, 0.1) is 10.7 Å². The van der Waals surface area contributed by atoms with Crippen LogP contribution in [0.4, 0.5) is 0 Å². The molecule has 4 heteroatoms. The molecule has 0 aliphatic carbocycles. The number of para-hydroxylation sites is 1. The van der Waals surface area contributed by atoms with E-state index < -0.39 is 0 Å². The lowest BCUT2D eigenvalue weighted by atomic mass is 10.1. The van der Waals surface area contributed by atoms with Gasteiger partial charge in [-0.1, -0.05) is 32.0 Å². The smallest absolute Gasteiger partial charge is 0.131 e. The van der Waals surface area contributed by atoms with E-state index in [1.807, 2.05) is 29.6 Å². The van der Waals surface area contributed by atoms with Crippen molar-refractivity contribution in [1.82, 2.24) is 4.98 Å². The molecular formula is C15H19NO2S. The van der Waals surface area contributed by atoms with Crippen LogP contribution in [0.3, 0.4) is 0 Å². The Balaban J connectivity index is 2.01. The molecule has 102 valence electrons. The van der Waals surface area contributed by atoms with Gasteiger partial charge >= 0.3 is 0 Å². The van der Waals surface area contributed by atoms with E-state index in [1.54, 1.807) is 11.3 Å². The maximum Gasteiger partial charge on any atom is 0.131 e. The molecular weight excluding hydrogens is 258 g/mol. The summed E-state index contributed by atoms with van der Waals surface area (Å²) in [5, 5.41) is 12.2. The minimum absolute atomic E-state index is 0.134. The molecule has 1 N–H and O–H groups in total. The number of hydrogen-bond donors (Lipinski definition) is 1. The second kappa shape index (κ2) is 6.68.